The summed E-state index contributed by atoms with van der Waals surface area (Å²) in [5.41, 5.74) is 4.16. The maximum atomic E-state index is 5.86. The molecule has 0 fully saturated rings. The molecule has 0 spiro atoms. The molecule has 0 aliphatic heterocycles. The highest BCUT2D eigenvalue weighted by molar-refractivity contribution is 6.30. The molecule has 3 aromatic heterocycles. The monoisotopic (exact) mass is 243 g/mol. The number of aromatic nitrogens is 3. The van der Waals surface area contributed by atoms with E-state index in [9.17, 15) is 0 Å². The molecule has 0 unspecified atom stereocenters. The van der Waals surface area contributed by atoms with Crippen LogP contribution in [0.25, 0.3) is 22.2 Å². The van der Waals surface area contributed by atoms with Crippen LogP contribution < -0.4 is 0 Å². The van der Waals surface area contributed by atoms with Crippen molar-refractivity contribution in [2.24, 2.45) is 0 Å². The van der Waals surface area contributed by atoms with Gasteiger partial charge in [-0.05, 0) is 31.2 Å². The van der Waals surface area contributed by atoms with Gasteiger partial charge in [0.1, 0.15) is 5.15 Å². The van der Waals surface area contributed by atoms with Gasteiger partial charge in [-0.1, -0.05) is 11.6 Å². The van der Waals surface area contributed by atoms with E-state index in [2.05, 4.69) is 21.0 Å². The van der Waals surface area contributed by atoms with Crippen LogP contribution in [0.3, 0.4) is 0 Å². The van der Waals surface area contributed by atoms with Crippen LogP contribution in [0.5, 0.6) is 0 Å². The van der Waals surface area contributed by atoms with Crippen molar-refractivity contribution in [3.05, 3.63) is 47.5 Å². The molecule has 0 bridgehead atoms. The SMILES string of the molecule is Cc1cc(-c2cc3cnc(Cl)cc3[nH]2)ccn1. The smallest absolute Gasteiger partial charge is 0.131 e. The van der Waals surface area contributed by atoms with Gasteiger partial charge >= 0.3 is 0 Å². The normalized spacial score (nSPS) is 10.9. The Morgan fingerprint density at radius 2 is 2.06 bits per heavy atom. The van der Waals surface area contributed by atoms with Crippen molar-refractivity contribution in [2.75, 3.05) is 0 Å². The molecule has 0 amide bonds. The average molecular weight is 244 g/mol. The highest BCUT2D eigenvalue weighted by Gasteiger charge is 2.04. The van der Waals surface area contributed by atoms with Crippen LogP contribution in [0.2, 0.25) is 5.15 Å². The molecule has 0 saturated heterocycles. The van der Waals surface area contributed by atoms with Crippen molar-refractivity contribution in [2.45, 2.75) is 6.92 Å². The first-order valence-corrected chi connectivity index (χ1v) is 5.67. The van der Waals surface area contributed by atoms with Crippen LogP contribution in [-0.2, 0) is 0 Å². The number of hydrogen-bond donors (Lipinski definition) is 1. The standard InChI is InChI=1S/C13H10ClN3/c1-8-4-9(2-3-15-8)11-5-10-7-16-13(14)6-12(10)17-11/h2-7,17H,1H3. The molecule has 0 radical (unpaired) electrons. The van der Waals surface area contributed by atoms with Crippen LogP contribution >= 0.6 is 11.6 Å². The third kappa shape index (κ3) is 1.89. The van der Waals surface area contributed by atoms with E-state index in [1.807, 2.05) is 25.1 Å². The Bertz CT molecular complexity index is 688. The summed E-state index contributed by atoms with van der Waals surface area (Å²) in [5.74, 6) is 0. The predicted octanol–water partition coefficient (Wildman–Crippen LogP) is 3.59. The van der Waals surface area contributed by atoms with E-state index in [4.69, 9.17) is 11.6 Å². The zero-order chi connectivity index (χ0) is 11.8. The molecular formula is C13H10ClN3. The summed E-state index contributed by atoms with van der Waals surface area (Å²) in [5, 5.41) is 1.55. The molecule has 84 valence electrons. The van der Waals surface area contributed by atoms with Gasteiger partial charge < -0.3 is 4.98 Å². The number of H-pyrrole nitrogens is 1. The number of aromatic amines is 1. The minimum atomic E-state index is 0.497. The minimum Gasteiger partial charge on any atom is -0.354 e. The van der Waals surface area contributed by atoms with E-state index in [1.54, 1.807) is 12.4 Å². The molecule has 0 aromatic carbocycles. The first-order valence-electron chi connectivity index (χ1n) is 5.30. The average Bonchev–Trinajstić information content (AvgIpc) is 2.72. The van der Waals surface area contributed by atoms with Gasteiger partial charge in [-0.25, -0.2) is 4.98 Å². The summed E-state index contributed by atoms with van der Waals surface area (Å²) in [6.45, 7) is 1.98. The van der Waals surface area contributed by atoms with E-state index < -0.39 is 0 Å². The number of fused-ring (bicyclic) bond motifs is 1. The number of nitrogens with one attached hydrogen (secondary N) is 1. The van der Waals surface area contributed by atoms with E-state index in [-0.39, 0.29) is 0 Å². The van der Waals surface area contributed by atoms with E-state index >= 15 is 0 Å². The number of rotatable bonds is 1. The summed E-state index contributed by atoms with van der Waals surface area (Å²) in [6.07, 6.45) is 3.58. The molecule has 3 nitrogen and oxygen atoms in total. The Morgan fingerprint density at radius 3 is 2.88 bits per heavy atom. The molecule has 0 aliphatic rings. The Labute approximate surface area is 103 Å². The van der Waals surface area contributed by atoms with Crippen molar-refractivity contribution in [1.29, 1.82) is 0 Å². The quantitative estimate of drug-likeness (QED) is 0.664. The second-order valence-electron chi connectivity index (χ2n) is 3.96. The minimum absolute atomic E-state index is 0.497. The zero-order valence-electron chi connectivity index (χ0n) is 9.24. The zero-order valence-corrected chi connectivity index (χ0v) is 9.99. The Kier molecular flexibility index (Phi) is 2.34. The highest BCUT2D eigenvalue weighted by Crippen LogP contribution is 2.24. The van der Waals surface area contributed by atoms with E-state index in [1.165, 1.54) is 0 Å². The number of halogens is 1. The maximum absolute atomic E-state index is 5.86. The molecule has 3 heterocycles. The first kappa shape index (κ1) is 10.3. The Hall–Kier alpha value is -1.87. The second kappa shape index (κ2) is 3.86. The second-order valence-corrected chi connectivity index (χ2v) is 4.35. The Morgan fingerprint density at radius 1 is 1.18 bits per heavy atom. The molecule has 17 heavy (non-hydrogen) atoms. The summed E-state index contributed by atoms with van der Waals surface area (Å²) in [7, 11) is 0. The van der Waals surface area contributed by atoms with E-state index in [0.717, 1.165) is 27.9 Å². The van der Waals surface area contributed by atoms with Crippen LogP contribution in [-0.4, -0.2) is 15.0 Å². The lowest BCUT2D eigenvalue weighted by Gasteiger charge is -1.98. The third-order valence-electron chi connectivity index (χ3n) is 2.68. The fraction of sp³-hybridized carbons (Fsp3) is 0.0769. The number of hydrogen-bond acceptors (Lipinski definition) is 2. The van der Waals surface area contributed by atoms with Crippen molar-refractivity contribution in [3.8, 4) is 11.3 Å². The summed E-state index contributed by atoms with van der Waals surface area (Å²) < 4.78 is 0. The molecular weight excluding hydrogens is 234 g/mol. The molecule has 3 aromatic rings. The van der Waals surface area contributed by atoms with Crippen LogP contribution in [0, 0.1) is 6.92 Å². The van der Waals surface area contributed by atoms with E-state index in [0.29, 0.717) is 5.15 Å². The van der Waals surface area contributed by atoms with Gasteiger partial charge in [0.15, 0.2) is 0 Å². The van der Waals surface area contributed by atoms with Gasteiger partial charge in [0.25, 0.3) is 0 Å². The lowest BCUT2D eigenvalue weighted by molar-refractivity contribution is 1.20. The van der Waals surface area contributed by atoms with Gasteiger partial charge in [0, 0.05) is 34.7 Å². The van der Waals surface area contributed by atoms with Gasteiger partial charge in [0.2, 0.25) is 0 Å². The van der Waals surface area contributed by atoms with Crippen molar-refractivity contribution < 1.29 is 0 Å². The van der Waals surface area contributed by atoms with Gasteiger partial charge in [-0.15, -0.1) is 0 Å². The fourth-order valence-electron chi connectivity index (χ4n) is 1.87. The predicted molar refractivity (Wildman–Crippen MR) is 69.1 cm³/mol. The fourth-order valence-corrected chi connectivity index (χ4v) is 2.03. The maximum Gasteiger partial charge on any atom is 0.131 e. The van der Waals surface area contributed by atoms with Crippen molar-refractivity contribution in [1.82, 2.24) is 15.0 Å². The molecule has 1 N–H and O–H groups in total. The molecule has 3 rings (SSSR count). The third-order valence-corrected chi connectivity index (χ3v) is 2.88. The number of aryl methyl sites for hydroxylation is 1. The van der Waals surface area contributed by atoms with Crippen LogP contribution in [0.15, 0.2) is 36.7 Å². The first-order chi connectivity index (χ1) is 8.22. The van der Waals surface area contributed by atoms with Crippen molar-refractivity contribution in [3.63, 3.8) is 0 Å². The van der Waals surface area contributed by atoms with Gasteiger partial charge in [0.05, 0.1) is 5.52 Å². The van der Waals surface area contributed by atoms with Crippen LogP contribution in [0.1, 0.15) is 5.69 Å². The van der Waals surface area contributed by atoms with Gasteiger partial charge in [-0.2, -0.15) is 0 Å². The largest absolute Gasteiger partial charge is 0.354 e. The molecule has 0 atom stereocenters. The number of pyridine rings is 2. The Balaban J connectivity index is 2.18. The molecule has 0 aliphatic carbocycles. The summed E-state index contributed by atoms with van der Waals surface area (Å²) >= 11 is 5.86. The summed E-state index contributed by atoms with van der Waals surface area (Å²) in [4.78, 5) is 11.6. The molecule has 4 heteroatoms. The highest BCUT2D eigenvalue weighted by atomic mass is 35.5. The van der Waals surface area contributed by atoms with Gasteiger partial charge in [-0.3, -0.25) is 4.98 Å². The summed E-state index contributed by atoms with van der Waals surface area (Å²) in [6, 6.07) is 7.91. The molecule has 0 saturated carbocycles. The lowest BCUT2D eigenvalue weighted by Crippen LogP contribution is -1.82. The topological polar surface area (TPSA) is 41.6 Å². The number of nitrogens with zero attached hydrogens (tertiary/aromatic N) is 2. The van der Waals surface area contributed by atoms with Crippen molar-refractivity contribution >= 4 is 22.5 Å². The lowest BCUT2D eigenvalue weighted by atomic mass is 10.2. The van der Waals surface area contributed by atoms with Crippen LogP contribution in [0.4, 0.5) is 0 Å².